The van der Waals surface area contributed by atoms with E-state index < -0.39 is 0 Å². The van der Waals surface area contributed by atoms with Crippen LogP contribution in [0.4, 0.5) is 0 Å². The first kappa shape index (κ1) is 14.3. The quantitative estimate of drug-likeness (QED) is 0.602. The molecule has 108 valence electrons. The maximum Gasteiger partial charge on any atom is 0.128 e. The Balaban J connectivity index is 1.78. The average molecular weight is 307 g/mol. The zero-order chi connectivity index (χ0) is 13.9. The molecule has 0 N–H and O–H groups in total. The summed E-state index contributed by atoms with van der Waals surface area (Å²) >= 11 is 3.77. The lowest BCUT2D eigenvalue weighted by atomic mass is 10.2. The Kier molecular flexibility index (Phi) is 4.58. The van der Waals surface area contributed by atoms with E-state index in [0.29, 0.717) is 0 Å². The molecule has 0 aliphatic heterocycles. The molecule has 5 heteroatoms. The smallest absolute Gasteiger partial charge is 0.128 e. The van der Waals surface area contributed by atoms with Gasteiger partial charge in [-0.2, -0.15) is 0 Å². The summed E-state index contributed by atoms with van der Waals surface area (Å²) in [6.45, 7) is 7.84. The maximum absolute atomic E-state index is 4.55. The molecule has 20 heavy (non-hydrogen) atoms. The van der Waals surface area contributed by atoms with E-state index in [9.17, 15) is 0 Å². The first-order chi connectivity index (χ1) is 9.83. The lowest BCUT2D eigenvalue weighted by Gasteiger charge is -2.17. The number of hydrogen-bond acceptors (Lipinski definition) is 5. The lowest BCUT2D eigenvalue weighted by Crippen LogP contribution is -2.25. The number of aromatic nitrogens is 2. The van der Waals surface area contributed by atoms with Crippen LogP contribution in [0.25, 0.3) is 10.2 Å². The molecule has 1 aliphatic rings. The Hall–Kier alpha value is -0.650. The normalized spacial score (nSPS) is 14.3. The second kappa shape index (κ2) is 6.41. The fourth-order valence-electron chi connectivity index (χ4n) is 2.82. The molecule has 0 fully saturated rings. The molecule has 3 rings (SSSR count). The summed E-state index contributed by atoms with van der Waals surface area (Å²) in [5.41, 5.74) is 1.54. The number of rotatable bonds is 6. The van der Waals surface area contributed by atoms with Crippen molar-refractivity contribution in [1.29, 1.82) is 0 Å². The van der Waals surface area contributed by atoms with Crippen LogP contribution in [0.2, 0.25) is 0 Å². The number of aryl methyl sites for hydroxylation is 2. The molecule has 0 saturated carbocycles. The van der Waals surface area contributed by atoms with Crippen molar-refractivity contribution < 1.29 is 0 Å². The standard InChI is InChI=1S/C15H21N3S2/c1-3-18(4-2)8-9-19-14-13-11-6-5-7-12(11)20-15(13)17-10-16-14/h10H,3-9H2,1-2H3. The minimum atomic E-state index is 1.11. The largest absolute Gasteiger partial charge is 0.303 e. The highest BCUT2D eigenvalue weighted by Gasteiger charge is 2.21. The SMILES string of the molecule is CCN(CC)CCSc1ncnc2sc3c(c12)CCC3. The summed E-state index contributed by atoms with van der Waals surface area (Å²) in [5.74, 6) is 1.11. The average Bonchev–Trinajstić information content (AvgIpc) is 3.04. The predicted octanol–water partition coefficient (Wildman–Crippen LogP) is 3.61. The molecule has 0 amide bonds. The minimum absolute atomic E-state index is 1.11. The molecule has 2 aromatic heterocycles. The fourth-order valence-corrected chi connectivity index (χ4v) is 5.14. The molecule has 0 saturated heterocycles. The van der Waals surface area contributed by atoms with Crippen LogP contribution < -0.4 is 0 Å². The monoisotopic (exact) mass is 307 g/mol. The number of thiophene rings is 1. The summed E-state index contributed by atoms with van der Waals surface area (Å²) in [6, 6.07) is 0. The van der Waals surface area contributed by atoms with Crippen molar-refractivity contribution >= 4 is 33.3 Å². The van der Waals surface area contributed by atoms with E-state index in [0.717, 1.165) is 25.4 Å². The second-order valence-corrected chi connectivity index (χ2v) is 7.26. The summed E-state index contributed by atoms with van der Waals surface area (Å²) in [4.78, 5) is 14.2. The zero-order valence-corrected chi connectivity index (χ0v) is 13.8. The lowest BCUT2D eigenvalue weighted by molar-refractivity contribution is 0.324. The van der Waals surface area contributed by atoms with Crippen LogP contribution >= 0.6 is 23.1 Å². The van der Waals surface area contributed by atoms with Gasteiger partial charge in [-0.05, 0) is 37.9 Å². The van der Waals surface area contributed by atoms with Crippen LogP contribution in [0, 0.1) is 0 Å². The van der Waals surface area contributed by atoms with Crippen LogP contribution in [0.1, 0.15) is 30.7 Å². The van der Waals surface area contributed by atoms with Crippen molar-refractivity contribution in [3.05, 3.63) is 16.8 Å². The highest BCUT2D eigenvalue weighted by Crippen LogP contribution is 2.39. The van der Waals surface area contributed by atoms with Crippen molar-refractivity contribution in [3.8, 4) is 0 Å². The topological polar surface area (TPSA) is 29.0 Å². The molecule has 0 spiro atoms. The van der Waals surface area contributed by atoms with Crippen molar-refractivity contribution in [1.82, 2.24) is 14.9 Å². The van der Waals surface area contributed by atoms with Gasteiger partial charge in [0.2, 0.25) is 0 Å². The maximum atomic E-state index is 4.55. The van der Waals surface area contributed by atoms with Gasteiger partial charge in [0.05, 0.1) is 0 Å². The van der Waals surface area contributed by atoms with Crippen molar-refractivity contribution in [2.24, 2.45) is 0 Å². The Labute approximate surface area is 128 Å². The van der Waals surface area contributed by atoms with Crippen molar-refractivity contribution in [2.75, 3.05) is 25.4 Å². The van der Waals surface area contributed by atoms with E-state index in [1.165, 1.54) is 40.1 Å². The van der Waals surface area contributed by atoms with Crippen molar-refractivity contribution in [3.63, 3.8) is 0 Å². The van der Waals surface area contributed by atoms with Gasteiger partial charge in [0.25, 0.3) is 0 Å². The number of hydrogen-bond donors (Lipinski definition) is 0. The van der Waals surface area contributed by atoms with Gasteiger partial charge in [0.1, 0.15) is 16.2 Å². The minimum Gasteiger partial charge on any atom is -0.303 e. The third kappa shape index (κ3) is 2.71. The summed E-state index contributed by atoms with van der Waals surface area (Å²) in [7, 11) is 0. The van der Waals surface area contributed by atoms with Crippen LogP contribution in [-0.2, 0) is 12.8 Å². The fraction of sp³-hybridized carbons (Fsp3) is 0.600. The van der Waals surface area contributed by atoms with E-state index in [4.69, 9.17) is 0 Å². The highest BCUT2D eigenvalue weighted by molar-refractivity contribution is 7.99. The molecule has 0 bridgehead atoms. The molecule has 2 aromatic rings. The highest BCUT2D eigenvalue weighted by atomic mass is 32.2. The van der Waals surface area contributed by atoms with Gasteiger partial charge in [0, 0.05) is 22.6 Å². The molecule has 0 unspecified atom stereocenters. The molecule has 0 aromatic carbocycles. The van der Waals surface area contributed by atoms with Crippen LogP contribution in [-0.4, -0.2) is 40.3 Å². The molecular weight excluding hydrogens is 286 g/mol. The predicted molar refractivity (Wildman–Crippen MR) is 88.0 cm³/mol. The molecule has 0 radical (unpaired) electrons. The van der Waals surface area contributed by atoms with Crippen LogP contribution in [0.3, 0.4) is 0 Å². The van der Waals surface area contributed by atoms with Crippen LogP contribution in [0.15, 0.2) is 11.4 Å². The van der Waals surface area contributed by atoms with Gasteiger partial charge in [-0.1, -0.05) is 13.8 Å². The molecule has 2 heterocycles. The second-order valence-electron chi connectivity index (χ2n) is 5.09. The van der Waals surface area contributed by atoms with Gasteiger partial charge < -0.3 is 4.90 Å². The number of thioether (sulfide) groups is 1. The van der Waals surface area contributed by atoms with E-state index in [1.807, 2.05) is 23.1 Å². The van der Waals surface area contributed by atoms with E-state index >= 15 is 0 Å². The molecule has 0 atom stereocenters. The Bertz CT molecular complexity index is 590. The number of fused-ring (bicyclic) bond motifs is 3. The van der Waals surface area contributed by atoms with Crippen molar-refractivity contribution in [2.45, 2.75) is 38.1 Å². The summed E-state index contributed by atoms with van der Waals surface area (Å²) < 4.78 is 0. The summed E-state index contributed by atoms with van der Waals surface area (Å²) in [6.07, 6.45) is 5.48. The Morgan fingerprint density at radius 1 is 1.25 bits per heavy atom. The summed E-state index contributed by atoms with van der Waals surface area (Å²) in [5, 5.41) is 2.55. The van der Waals surface area contributed by atoms with Gasteiger partial charge in [-0.25, -0.2) is 9.97 Å². The van der Waals surface area contributed by atoms with Gasteiger partial charge in [0.15, 0.2) is 0 Å². The first-order valence-electron chi connectivity index (χ1n) is 7.43. The number of nitrogens with zero attached hydrogens (tertiary/aromatic N) is 3. The molecular formula is C15H21N3S2. The Morgan fingerprint density at radius 3 is 2.90 bits per heavy atom. The third-order valence-electron chi connectivity index (χ3n) is 4.01. The zero-order valence-electron chi connectivity index (χ0n) is 12.2. The van der Waals surface area contributed by atoms with Gasteiger partial charge >= 0.3 is 0 Å². The molecule has 3 nitrogen and oxygen atoms in total. The first-order valence-corrected chi connectivity index (χ1v) is 9.24. The van der Waals surface area contributed by atoms with E-state index in [1.54, 1.807) is 11.2 Å². The van der Waals surface area contributed by atoms with Gasteiger partial charge in [-0.15, -0.1) is 23.1 Å². The Morgan fingerprint density at radius 2 is 2.10 bits per heavy atom. The van der Waals surface area contributed by atoms with Gasteiger partial charge in [-0.3, -0.25) is 0 Å². The third-order valence-corrected chi connectivity index (χ3v) is 6.18. The van der Waals surface area contributed by atoms with E-state index in [2.05, 4.69) is 28.7 Å². The molecule has 1 aliphatic carbocycles. The van der Waals surface area contributed by atoms with Crippen LogP contribution in [0.5, 0.6) is 0 Å². The van der Waals surface area contributed by atoms with E-state index in [-0.39, 0.29) is 0 Å².